The fourth-order valence-corrected chi connectivity index (χ4v) is 4.05. The Labute approximate surface area is 138 Å². The van der Waals surface area contributed by atoms with Gasteiger partial charge in [0.15, 0.2) is 0 Å². The van der Waals surface area contributed by atoms with Crippen LogP contribution in [-0.2, 0) is 25.0 Å². The lowest BCUT2D eigenvalue weighted by atomic mass is 9.79. The molecular formula is C15H18F2N2O4S. The lowest BCUT2D eigenvalue weighted by Gasteiger charge is -2.28. The molecule has 2 atom stereocenters. The number of carbonyl (C=O) groups is 1. The minimum atomic E-state index is -4.77. The Hall–Kier alpha value is -1.77. The second kappa shape index (κ2) is 5.94. The van der Waals surface area contributed by atoms with Gasteiger partial charge in [0.25, 0.3) is 10.0 Å². The highest BCUT2D eigenvalue weighted by Crippen LogP contribution is 2.60. The van der Waals surface area contributed by atoms with E-state index in [1.807, 2.05) is 4.72 Å². The number of hydrogen-bond acceptors (Lipinski definition) is 5. The maximum absolute atomic E-state index is 12.5. The number of halogens is 2. The standard InChI is InChI=1S/C15H18F2N2O4S/c1-2-23-13(20)15(7-9-5-10(9)8-15)12-6-11(3-4-18-12)19-24(21,22)14(16)17/h3-4,6,9-10,14H,2,5,7-8H2,1H3,(H,18,19). The summed E-state index contributed by atoms with van der Waals surface area (Å²) in [5, 5.41) is 0. The number of nitrogens with one attached hydrogen (secondary N) is 1. The Morgan fingerprint density at radius 1 is 1.46 bits per heavy atom. The first kappa shape index (κ1) is 17.1. The van der Waals surface area contributed by atoms with Crippen LogP contribution in [-0.4, -0.2) is 31.7 Å². The molecule has 1 aromatic rings. The van der Waals surface area contributed by atoms with Crippen molar-refractivity contribution >= 4 is 21.7 Å². The third-order valence-electron chi connectivity index (χ3n) is 4.70. The molecule has 9 heteroatoms. The highest BCUT2D eigenvalue weighted by atomic mass is 32.2. The number of fused-ring (bicyclic) bond motifs is 1. The molecule has 2 aliphatic carbocycles. The smallest absolute Gasteiger partial charge is 0.355 e. The number of anilines is 1. The van der Waals surface area contributed by atoms with E-state index in [4.69, 9.17) is 4.74 Å². The van der Waals surface area contributed by atoms with Gasteiger partial charge in [-0.1, -0.05) is 0 Å². The van der Waals surface area contributed by atoms with E-state index in [0.717, 1.165) is 6.42 Å². The summed E-state index contributed by atoms with van der Waals surface area (Å²) in [6, 6.07) is 2.62. The zero-order valence-corrected chi connectivity index (χ0v) is 13.9. The van der Waals surface area contributed by atoms with E-state index in [1.165, 1.54) is 18.3 Å². The molecule has 6 nitrogen and oxygen atoms in total. The molecule has 3 rings (SSSR count). The van der Waals surface area contributed by atoms with Crippen molar-refractivity contribution in [2.24, 2.45) is 11.8 Å². The van der Waals surface area contributed by atoms with E-state index in [2.05, 4.69) is 4.98 Å². The Morgan fingerprint density at radius 3 is 2.71 bits per heavy atom. The quantitative estimate of drug-likeness (QED) is 0.787. The number of esters is 1. The number of hydrogen-bond donors (Lipinski definition) is 1. The monoisotopic (exact) mass is 360 g/mol. The summed E-state index contributed by atoms with van der Waals surface area (Å²) in [5.74, 6) is -3.04. The number of ether oxygens (including phenoxy) is 1. The summed E-state index contributed by atoms with van der Waals surface area (Å²) in [6.07, 6.45) is 3.56. The van der Waals surface area contributed by atoms with Crippen LogP contribution < -0.4 is 4.72 Å². The summed E-state index contributed by atoms with van der Waals surface area (Å²) in [6.45, 7) is 1.94. The van der Waals surface area contributed by atoms with Crippen LogP contribution in [0.4, 0.5) is 14.5 Å². The second-order valence-corrected chi connectivity index (χ2v) is 7.95. The summed E-state index contributed by atoms with van der Waals surface area (Å²) < 4.78 is 54.7. The molecule has 0 amide bonds. The van der Waals surface area contributed by atoms with Crippen molar-refractivity contribution in [3.05, 3.63) is 24.0 Å². The molecule has 1 N–H and O–H groups in total. The molecule has 1 heterocycles. The van der Waals surface area contributed by atoms with Gasteiger partial charge < -0.3 is 4.74 Å². The zero-order valence-electron chi connectivity index (χ0n) is 13.0. The van der Waals surface area contributed by atoms with Crippen LogP contribution in [0.1, 0.15) is 31.9 Å². The number of alkyl halides is 2. The average Bonchev–Trinajstić information content (AvgIpc) is 3.13. The molecule has 0 bridgehead atoms. The van der Waals surface area contributed by atoms with Gasteiger partial charge in [-0.3, -0.25) is 14.5 Å². The van der Waals surface area contributed by atoms with Crippen molar-refractivity contribution in [3.63, 3.8) is 0 Å². The normalized spacial score (nSPS) is 28.5. The molecule has 0 aromatic carbocycles. The number of pyridine rings is 1. The van der Waals surface area contributed by atoms with Crippen LogP contribution in [0.2, 0.25) is 0 Å². The minimum Gasteiger partial charge on any atom is -0.465 e. The summed E-state index contributed by atoms with van der Waals surface area (Å²) >= 11 is 0. The third kappa shape index (κ3) is 2.97. The minimum absolute atomic E-state index is 0.0375. The summed E-state index contributed by atoms with van der Waals surface area (Å²) in [4.78, 5) is 16.7. The molecule has 132 valence electrons. The number of aromatic nitrogens is 1. The Balaban J connectivity index is 1.92. The fraction of sp³-hybridized carbons (Fsp3) is 0.600. The van der Waals surface area contributed by atoms with E-state index in [0.29, 0.717) is 30.4 Å². The van der Waals surface area contributed by atoms with Crippen molar-refractivity contribution in [2.45, 2.75) is 37.4 Å². The number of rotatable bonds is 6. The highest BCUT2D eigenvalue weighted by Gasteiger charge is 2.59. The predicted octanol–water partition coefficient (Wildman–Crippen LogP) is 2.28. The van der Waals surface area contributed by atoms with Gasteiger partial charge in [0.1, 0.15) is 5.41 Å². The third-order valence-corrected chi connectivity index (χ3v) is 5.69. The Kier molecular flexibility index (Phi) is 4.23. The van der Waals surface area contributed by atoms with Crippen LogP contribution in [0.3, 0.4) is 0 Å². The Morgan fingerprint density at radius 2 is 2.12 bits per heavy atom. The highest BCUT2D eigenvalue weighted by molar-refractivity contribution is 7.93. The average molecular weight is 360 g/mol. The van der Waals surface area contributed by atoms with Crippen molar-refractivity contribution in [1.82, 2.24) is 4.98 Å². The molecular weight excluding hydrogens is 342 g/mol. The lowest BCUT2D eigenvalue weighted by Crippen LogP contribution is -2.37. The largest absolute Gasteiger partial charge is 0.465 e. The first-order valence-corrected chi connectivity index (χ1v) is 9.26. The molecule has 2 fully saturated rings. The molecule has 2 saturated carbocycles. The number of sulfonamides is 1. The van der Waals surface area contributed by atoms with E-state index < -0.39 is 27.2 Å². The molecule has 0 aliphatic heterocycles. The van der Waals surface area contributed by atoms with Gasteiger partial charge >= 0.3 is 11.7 Å². The molecule has 1 aromatic heterocycles. The van der Waals surface area contributed by atoms with Gasteiger partial charge in [-0.25, -0.2) is 8.42 Å². The van der Waals surface area contributed by atoms with Gasteiger partial charge in [-0.05, 0) is 50.2 Å². The molecule has 2 aliphatic rings. The Bertz CT molecular complexity index is 744. The maximum Gasteiger partial charge on any atom is 0.355 e. The van der Waals surface area contributed by atoms with Crippen LogP contribution in [0.5, 0.6) is 0 Å². The fourth-order valence-electron chi connectivity index (χ4n) is 3.50. The van der Waals surface area contributed by atoms with Crippen LogP contribution in [0.25, 0.3) is 0 Å². The van der Waals surface area contributed by atoms with Crippen LogP contribution in [0.15, 0.2) is 18.3 Å². The molecule has 0 radical (unpaired) electrons. The SMILES string of the molecule is CCOC(=O)C1(c2cc(NS(=O)(=O)C(F)F)ccn2)CC2CC2C1. The second-order valence-electron chi connectivity index (χ2n) is 6.30. The first-order valence-electron chi connectivity index (χ1n) is 7.72. The van der Waals surface area contributed by atoms with E-state index in [1.54, 1.807) is 6.92 Å². The van der Waals surface area contributed by atoms with Gasteiger partial charge in [0, 0.05) is 6.20 Å². The van der Waals surface area contributed by atoms with Gasteiger partial charge in [0.2, 0.25) is 0 Å². The number of carbonyl (C=O) groups excluding carboxylic acids is 1. The van der Waals surface area contributed by atoms with E-state index >= 15 is 0 Å². The zero-order chi connectivity index (χ0) is 17.5. The van der Waals surface area contributed by atoms with Gasteiger partial charge in [-0.2, -0.15) is 8.78 Å². The topological polar surface area (TPSA) is 85.4 Å². The van der Waals surface area contributed by atoms with Crippen molar-refractivity contribution in [2.75, 3.05) is 11.3 Å². The van der Waals surface area contributed by atoms with Crippen molar-refractivity contribution in [1.29, 1.82) is 0 Å². The van der Waals surface area contributed by atoms with Crippen LogP contribution >= 0.6 is 0 Å². The molecule has 2 unspecified atom stereocenters. The summed E-state index contributed by atoms with van der Waals surface area (Å²) in [7, 11) is -4.77. The van der Waals surface area contributed by atoms with Crippen LogP contribution in [0, 0.1) is 11.8 Å². The lowest BCUT2D eigenvalue weighted by molar-refractivity contribution is -0.150. The molecule has 0 spiro atoms. The first-order chi connectivity index (χ1) is 11.3. The van der Waals surface area contributed by atoms with Crippen molar-refractivity contribution < 1.29 is 26.7 Å². The van der Waals surface area contributed by atoms with E-state index in [-0.39, 0.29) is 12.3 Å². The van der Waals surface area contributed by atoms with Crippen molar-refractivity contribution in [3.8, 4) is 0 Å². The molecule has 24 heavy (non-hydrogen) atoms. The van der Waals surface area contributed by atoms with E-state index in [9.17, 15) is 22.0 Å². The van der Waals surface area contributed by atoms with Gasteiger partial charge in [0.05, 0.1) is 18.0 Å². The number of nitrogens with zero attached hydrogens (tertiary/aromatic N) is 1. The maximum atomic E-state index is 12.5. The predicted molar refractivity (Wildman–Crippen MR) is 81.9 cm³/mol. The van der Waals surface area contributed by atoms with Gasteiger partial charge in [-0.15, -0.1) is 0 Å². The summed E-state index contributed by atoms with van der Waals surface area (Å²) in [5.41, 5.74) is -0.595. The molecule has 0 saturated heterocycles.